The Hall–Kier alpha value is -0.180. The SMILES string of the molecule is CC(CSC(C)C)CC(=N)N. The predicted molar refractivity (Wildman–Crippen MR) is 53.3 cm³/mol. The molecule has 1 atom stereocenters. The molecule has 66 valence electrons. The molecule has 0 fully saturated rings. The summed E-state index contributed by atoms with van der Waals surface area (Å²) < 4.78 is 0. The molecule has 11 heavy (non-hydrogen) atoms. The summed E-state index contributed by atoms with van der Waals surface area (Å²) in [5.74, 6) is 1.96. The summed E-state index contributed by atoms with van der Waals surface area (Å²) in [6, 6.07) is 0. The van der Waals surface area contributed by atoms with E-state index in [0.717, 1.165) is 12.2 Å². The minimum atomic E-state index is 0.307. The van der Waals surface area contributed by atoms with Crippen molar-refractivity contribution in [1.29, 1.82) is 5.41 Å². The molecule has 0 aromatic carbocycles. The van der Waals surface area contributed by atoms with Crippen molar-refractivity contribution in [2.24, 2.45) is 11.7 Å². The van der Waals surface area contributed by atoms with E-state index in [2.05, 4.69) is 20.8 Å². The van der Waals surface area contributed by atoms with E-state index in [1.165, 1.54) is 0 Å². The molecule has 0 aromatic heterocycles. The Bertz CT molecular complexity index is 123. The second kappa shape index (κ2) is 5.47. The molecule has 0 amide bonds. The molecule has 1 unspecified atom stereocenters. The van der Waals surface area contributed by atoms with Gasteiger partial charge in [-0.1, -0.05) is 20.8 Å². The normalized spacial score (nSPS) is 13.5. The maximum Gasteiger partial charge on any atom is 0.0908 e. The van der Waals surface area contributed by atoms with Crippen molar-refractivity contribution in [3.63, 3.8) is 0 Å². The van der Waals surface area contributed by atoms with Gasteiger partial charge in [0.2, 0.25) is 0 Å². The van der Waals surface area contributed by atoms with Gasteiger partial charge in [0.25, 0.3) is 0 Å². The fourth-order valence-electron chi connectivity index (χ4n) is 0.791. The van der Waals surface area contributed by atoms with Gasteiger partial charge < -0.3 is 5.73 Å². The molecule has 2 nitrogen and oxygen atoms in total. The molecular weight excluding hydrogens is 156 g/mol. The largest absolute Gasteiger partial charge is 0.388 e. The van der Waals surface area contributed by atoms with Gasteiger partial charge in [-0.25, -0.2) is 0 Å². The highest BCUT2D eigenvalue weighted by atomic mass is 32.2. The summed E-state index contributed by atoms with van der Waals surface area (Å²) in [4.78, 5) is 0. The Labute approximate surface area is 73.4 Å². The zero-order chi connectivity index (χ0) is 8.85. The van der Waals surface area contributed by atoms with Crippen molar-refractivity contribution < 1.29 is 0 Å². The molecule has 0 rings (SSSR count). The number of rotatable bonds is 5. The van der Waals surface area contributed by atoms with E-state index < -0.39 is 0 Å². The highest BCUT2D eigenvalue weighted by molar-refractivity contribution is 7.99. The fraction of sp³-hybridized carbons (Fsp3) is 0.875. The van der Waals surface area contributed by atoms with E-state index in [4.69, 9.17) is 11.1 Å². The maximum atomic E-state index is 7.08. The van der Waals surface area contributed by atoms with Gasteiger partial charge in [0.15, 0.2) is 0 Å². The van der Waals surface area contributed by atoms with E-state index >= 15 is 0 Å². The molecule has 0 radical (unpaired) electrons. The Morgan fingerprint density at radius 3 is 2.36 bits per heavy atom. The minimum Gasteiger partial charge on any atom is -0.388 e. The highest BCUT2D eigenvalue weighted by Gasteiger charge is 2.04. The summed E-state index contributed by atoms with van der Waals surface area (Å²) >= 11 is 1.93. The van der Waals surface area contributed by atoms with E-state index in [0.29, 0.717) is 17.0 Å². The predicted octanol–water partition coefficient (Wildman–Crippen LogP) is 2.09. The summed E-state index contributed by atoms with van der Waals surface area (Å²) in [6.07, 6.45) is 0.736. The maximum absolute atomic E-state index is 7.08. The van der Waals surface area contributed by atoms with Gasteiger partial charge in [0, 0.05) is 6.42 Å². The number of nitrogens with one attached hydrogen (secondary N) is 1. The van der Waals surface area contributed by atoms with E-state index in [-0.39, 0.29) is 0 Å². The third-order valence-corrected chi connectivity index (χ3v) is 2.71. The van der Waals surface area contributed by atoms with Crippen molar-refractivity contribution >= 4 is 17.6 Å². The number of hydrogen-bond donors (Lipinski definition) is 2. The fourth-order valence-corrected chi connectivity index (χ4v) is 1.62. The number of amidine groups is 1. The van der Waals surface area contributed by atoms with Gasteiger partial charge in [0.05, 0.1) is 5.84 Å². The van der Waals surface area contributed by atoms with Crippen LogP contribution in [0.2, 0.25) is 0 Å². The second-order valence-corrected chi connectivity index (χ2v) is 4.83. The quantitative estimate of drug-likeness (QED) is 0.495. The van der Waals surface area contributed by atoms with Gasteiger partial charge in [0.1, 0.15) is 0 Å². The molecule has 0 aliphatic rings. The molecule has 0 heterocycles. The van der Waals surface area contributed by atoms with Gasteiger partial charge in [-0.3, -0.25) is 5.41 Å². The smallest absolute Gasteiger partial charge is 0.0908 e. The van der Waals surface area contributed by atoms with Crippen molar-refractivity contribution in [3.05, 3.63) is 0 Å². The molecule has 0 aliphatic carbocycles. The molecule has 3 heteroatoms. The van der Waals surface area contributed by atoms with Crippen LogP contribution in [-0.4, -0.2) is 16.8 Å². The first-order chi connectivity index (χ1) is 5.02. The average Bonchev–Trinajstić information content (AvgIpc) is 1.82. The van der Waals surface area contributed by atoms with E-state index in [1.54, 1.807) is 0 Å². The van der Waals surface area contributed by atoms with Crippen molar-refractivity contribution in [3.8, 4) is 0 Å². The van der Waals surface area contributed by atoms with Gasteiger partial charge in [-0.05, 0) is 16.9 Å². The molecule has 0 spiro atoms. The van der Waals surface area contributed by atoms with Crippen LogP contribution in [0.3, 0.4) is 0 Å². The summed E-state index contributed by atoms with van der Waals surface area (Å²) in [5, 5.41) is 7.76. The first-order valence-corrected chi connectivity index (χ1v) is 5.01. The third kappa shape index (κ3) is 7.72. The van der Waals surface area contributed by atoms with E-state index in [9.17, 15) is 0 Å². The monoisotopic (exact) mass is 174 g/mol. The van der Waals surface area contributed by atoms with Crippen molar-refractivity contribution in [2.45, 2.75) is 32.4 Å². The molecular formula is C8H18N2S. The summed E-state index contributed by atoms with van der Waals surface area (Å²) in [5.41, 5.74) is 5.27. The molecule has 0 bridgehead atoms. The molecule has 0 saturated heterocycles. The Morgan fingerprint density at radius 2 is 2.00 bits per heavy atom. The lowest BCUT2D eigenvalue weighted by atomic mass is 10.1. The second-order valence-electron chi connectivity index (χ2n) is 3.22. The van der Waals surface area contributed by atoms with Gasteiger partial charge >= 0.3 is 0 Å². The first-order valence-electron chi connectivity index (χ1n) is 3.97. The van der Waals surface area contributed by atoms with Crippen molar-refractivity contribution in [1.82, 2.24) is 0 Å². The van der Waals surface area contributed by atoms with Crippen LogP contribution in [0.25, 0.3) is 0 Å². The molecule has 3 N–H and O–H groups in total. The summed E-state index contributed by atoms with van der Waals surface area (Å²) in [6.45, 7) is 6.51. The third-order valence-electron chi connectivity index (χ3n) is 1.28. The van der Waals surface area contributed by atoms with Crippen LogP contribution in [0.5, 0.6) is 0 Å². The Kier molecular flexibility index (Phi) is 5.38. The van der Waals surface area contributed by atoms with Crippen LogP contribution in [-0.2, 0) is 0 Å². The van der Waals surface area contributed by atoms with Crippen LogP contribution in [0.4, 0.5) is 0 Å². The average molecular weight is 174 g/mol. The van der Waals surface area contributed by atoms with Crippen LogP contribution in [0.15, 0.2) is 0 Å². The minimum absolute atomic E-state index is 0.307. The lowest BCUT2D eigenvalue weighted by molar-refractivity contribution is 0.690. The molecule has 0 aliphatic heterocycles. The Balaban J connectivity index is 3.37. The highest BCUT2D eigenvalue weighted by Crippen LogP contribution is 2.15. The Morgan fingerprint density at radius 1 is 1.45 bits per heavy atom. The number of thioether (sulfide) groups is 1. The van der Waals surface area contributed by atoms with Gasteiger partial charge in [-0.15, -0.1) is 0 Å². The van der Waals surface area contributed by atoms with Crippen LogP contribution in [0.1, 0.15) is 27.2 Å². The van der Waals surface area contributed by atoms with Crippen LogP contribution in [0, 0.1) is 11.3 Å². The molecule has 0 aromatic rings. The number of nitrogens with two attached hydrogens (primary N) is 1. The zero-order valence-corrected chi connectivity index (χ0v) is 8.37. The lowest BCUT2D eigenvalue weighted by Gasteiger charge is -2.11. The lowest BCUT2D eigenvalue weighted by Crippen LogP contribution is -2.15. The first kappa shape index (κ1) is 10.8. The van der Waals surface area contributed by atoms with Crippen LogP contribution < -0.4 is 5.73 Å². The van der Waals surface area contributed by atoms with E-state index in [1.807, 2.05) is 11.8 Å². The molecule has 0 saturated carbocycles. The topological polar surface area (TPSA) is 49.9 Å². The summed E-state index contributed by atoms with van der Waals surface area (Å²) in [7, 11) is 0. The van der Waals surface area contributed by atoms with Gasteiger partial charge in [-0.2, -0.15) is 11.8 Å². The van der Waals surface area contributed by atoms with Crippen LogP contribution >= 0.6 is 11.8 Å². The zero-order valence-electron chi connectivity index (χ0n) is 7.55. The number of hydrogen-bond acceptors (Lipinski definition) is 2. The standard InChI is InChI=1S/C8H18N2S/c1-6(2)11-5-7(3)4-8(9)10/h6-7H,4-5H2,1-3H3,(H3,9,10). The van der Waals surface area contributed by atoms with Crippen molar-refractivity contribution in [2.75, 3.05) is 5.75 Å².